The van der Waals surface area contributed by atoms with Gasteiger partial charge in [-0.25, -0.2) is 9.97 Å². The molecular weight excluding hydrogens is 609 g/mol. The van der Waals surface area contributed by atoms with Crippen LogP contribution in [0.15, 0.2) is 168 Å². The number of nitrogens with zero attached hydrogens (tertiary/aromatic N) is 2. The van der Waals surface area contributed by atoms with Gasteiger partial charge in [0.1, 0.15) is 0 Å². The maximum absolute atomic E-state index is 5.15. The van der Waals surface area contributed by atoms with Gasteiger partial charge >= 0.3 is 0 Å². The summed E-state index contributed by atoms with van der Waals surface area (Å²) in [4.78, 5) is 14.0. The maximum Gasteiger partial charge on any atom is 0.160 e. The van der Waals surface area contributed by atoms with Gasteiger partial charge in [-0.1, -0.05) is 133 Å². The standard InChI is InChI=1S/C43H26N2S2/c1-3-13-27(14-4-1)36-26-37(45-42(44-36)28-15-5-2-6-16-28)41-24-29-23-35-31(25-40(29)47-41)30-17-7-8-18-32(30)43(35)33-19-9-11-21-38(33)46-39-22-12-10-20-34(39)43/h1-26H. The highest BCUT2D eigenvalue weighted by Crippen LogP contribution is 2.62. The Bertz CT molecular complexity index is 2400. The van der Waals surface area contributed by atoms with Crippen molar-refractivity contribution >= 4 is 33.2 Å². The maximum atomic E-state index is 5.15. The first-order valence-electron chi connectivity index (χ1n) is 15.8. The number of rotatable bonds is 3. The van der Waals surface area contributed by atoms with E-state index in [-0.39, 0.29) is 5.41 Å². The molecule has 3 heterocycles. The first-order valence-corrected chi connectivity index (χ1v) is 17.5. The Morgan fingerprint density at radius 1 is 0.447 bits per heavy atom. The van der Waals surface area contributed by atoms with Crippen LogP contribution in [0.4, 0.5) is 0 Å². The fourth-order valence-electron chi connectivity index (χ4n) is 7.56. The van der Waals surface area contributed by atoms with E-state index < -0.39 is 0 Å². The zero-order valence-electron chi connectivity index (χ0n) is 25.2. The quantitative estimate of drug-likeness (QED) is 0.193. The van der Waals surface area contributed by atoms with Gasteiger partial charge in [-0.05, 0) is 75.2 Å². The molecule has 2 nitrogen and oxygen atoms in total. The Morgan fingerprint density at radius 3 is 1.77 bits per heavy atom. The number of hydrogen-bond acceptors (Lipinski definition) is 4. The summed E-state index contributed by atoms with van der Waals surface area (Å²) >= 11 is 3.70. The smallest absolute Gasteiger partial charge is 0.160 e. The van der Waals surface area contributed by atoms with Gasteiger partial charge in [-0.15, -0.1) is 11.3 Å². The summed E-state index contributed by atoms with van der Waals surface area (Å²) in [7, 11) is 0. The summed E-state index contributed by atoms with van der Waals surface area (Å²) in [6, 6.07) is 57.0. The predicted molar refractivity (Wildman–Crippen MR) is 195 cm³/mol. The zero-order chi connectivity index (χ0) is 31.0. The summed E-state index contributed by atoms with van der Waals surface area (Å²) in [5.74, 6) is 0.739. The van der Waals surface area contributed by atoms with Gasteiger partial charge in [0.2, 0.25) is 0 Å². The lowest BCUT2D eigenvalue weighted by molar-refractivity contribution is 0.723. The van der Waals surface area contributed by atoms with E-state index in [0.29, 0.717) is 0 Å². The van der Waals surface area contributed by atoms with Crippen LogP contribution in [0.5, 0.6) is 0 Å². The molecule has 0 N–H and O–H groups in total. The van der Waals surface area contributed by atoms with Crippen LogP contribution >= 0.6 is 23.1 Å². The molecule has 1 aliphatic heterocycles. The Balaban J connectivity index is 1.22. The Kier molecular flexibility index (Phi) is 5.93. The van der Waals surface area contributed by atoms with Crippen LogP contribution in [0.25, 0.3) is 54.4 Å². The number of hydrogen-bond donors (Lipinski definition) is 0. The molecule has 0 amide bonds. The summed E-state index contributed by atoms with van der Waals surface area (Å²) in [5.41, 5.74) is 11.7. The van der Waals surface area contributed by atoms with Gasteiger partial charge in [0, 0.05) is 25.6 Å². The Hall–Kier alpha value is -5.29. The van der Waals surface area contributed by atoms with E-state index >= 15 is 0 Å². The molecule has 0 radical (unpaired) electrons. The van der Waals surface area contributed by atoms with Gasteiger partial charge < -0.3 is 0 Å². The second-order valence-electron chi connectivity index (χ2n) is 12.1. The lowest BCUT2D eigenvalue weighted by atomic mass is 9.67. The molecule has 47 heavy (non-hydrogen) atoms. The second-order valence-corrected chi connectivity index (χ2v) is 14.3. The van der Waals surface area contributed by atoms with Gasteiger partial charge in [0.25, 0.3) is 0 Å². The summed E-state index contributed by atoms with van der Waals surface area (Å²) in [5, 5.41) is 1.24. The van der Waals surface area contributed by atoms with E-state index in [4.69, 9.17) is 9.97 Å². The van der Waals surface area contributed by atoms with E-state index in [9.17, 15) is 0 Å². The third kappa shape index (κ3) is 3.99. The van der Waals surface area contributed by atoms with Crippen molar-refractivity contribution in [2.45, 2.75) is 15.2 Å². The number of aromatic nitrogens is 2. The van der Waals surface area contributed by atoms with Crippen LogP contribution in [0, 0.1) is 0 Å². The van der Waals surface area contributed by atoms with Crippen molar-refractivity contribution in [3.8, 4) is 44.3 Å². The number of thiophene rings is 1. The van der Waals surface area contributed by atoms with Crippen LogP contribution in [0.3, 0.4) is 0 Å². The molecule has 220 valence electrons. The average molecular weight is 635 g/mol. The van der Waals surface area contributed by atoms with Crippen LogP contribution < -0.4 is 0 Å². The monoisotopic (exact) mass is 634 g/mol. The van der Waals surface area contributed by atoms with Crippen molar-refractivity contribution in [1.29, 1.82) is 0 Å². The van der Waals surface area contributed by atoms with Crippen LogP contribution in [-0.2, 0) is 5.41 Å². The first kappa shape index (κ1) is 26.9. The third-order valence-electron chi connectivity index (χ3n) is 9.56. The largest absolute Gasteiger partial charge is 0.228 e. The fourth-order valence-corrected chi connectivity index (χ4v) is 9.79. The lowest BCUT2D eigenvalue weighted by Crippen LogP contribution is -2.31. The van der Waals surface area contributed by atoms with Crippen molar-refractivity contribution in [3.05, 3.63) is 180 Å². The van der Waals surface area contributed by atoms with Crippen molar-refractivity contribution < 1.29 is 0 Å². The minimum Gasteiger partial charge on any atom is -0.228 e. The highest BCUT2D eigenvalue weighted by Gasteiger charge is 2.50. The molecule has 10 rings (SSSR count). The Morgan fingerprint density at radius 2 is 1.04 bits per heavy atom. The van der Waals surface area contributed by atoms with Crippen molar-refractivity contribution in [2.75, 3.05) is 0 Å². The normalized spacial score (nSPS) is 13.6. The van der Waals surface area contributed by atoms with Crippen molar-refractivity contribution in [1.82, 2.24) is 9.97 Å². The highest BCUT2D eigenvalue weighted by atomic mass is 32.2. The molecule has 2 aromatic heterocycles. The molecule has 0 atom stereocenters. The van der Waals surface area contributed by atoms with Gasteiger partial charge in [0.05, 0.1) is 21.7 Å². The van der Waals surface area contributed by atoms with Gasteiger partial charge in [-0.2, -0.15) is 0 Å². The van der Waals surface area contributed by atoms with Crippen molar-refractivity contribution in [2.24, 2.45) is 0 Å². The Labute approximate surface area is 281 Å². The zero-order valence-corrected chi connectivity index (χ0v) is 26.9. The fraction of sp³-hybridized carbons (Fsp3) is 0.0233. The predicted octanol–water partition coefficient (Wildman–Crippen LogP) is 11.5. The third-order valence-corrected chi connectivity index (χ3v) is 11.8. The molecule has 0 saturated carbocycles. The molecule has 8 aromatic rings. The molecule has 6 aromatic carbocycles. The van der Waals surface area contributed by atoms with E-state index in [1.54, 1.807) is 0 Å². The molecule has 4 heteroatoms. The summed E-state index contributed by atoms with van der Waals surface area (Å²) < 4.78 is 1.26. The van der Waals surface area contributed by atoms with Crippen LogP contribution in [-0.4, -0.2) is 9.97 Å². The molecule has 0 saturated heterocycles. The van der Waals surface area contributed by atoms with Crippen LogP contribution in [0.1, 0.15) is 22.3 Å². The molecule has 1 spiro atoms. The lowest BCUT2D eigenvalue weighted by Gasteiger charge is -2.39. The minimum atomic E-state index is -0.378. The minimum absolute atomic E-state index is 0.378. The van der Waals surface area contributed by atoms with E-state index in [2.05, 4.69) is 133 Å². The molecular formula is C43H26N2S2. The van der Waals surface area contributed by atoms with Gasteiger partial charge in [0.15, 0.2) is 5.82 Å². The number of fused-ring (bicyclic) bond motifs is 10. The molecule has 2 aliphatic rings. The molecule has 0 unspecified atom stereocenters. The molecule has 0 bridgehead atoms. The van der Waals surface area contributed by atoms with E-state index in [1.165, 1.54) is 53.3 Å². The van der Waals surface area contributed by atoms with Gasteiger partial charge in [-0.3, -0.25) is 0 Å². The molecule has 0 fully saturated rings. The topological polar surface area (TPSA) is 25.8 Å². The van der Waals surface area contributed by atoms with E-state index in [1.807, 2.05) is 47.4 Å². The van der Waals surface area contributed by atoms with E-state index in [0.717, 1.165) is 33.2 Å². The number of benzene rings is 6. The summed E-state index contributed by atoms with van der Waals surface area (Å²) in [6.45, 7) is 0. The first-order chi connectivity index (χ1) is 23.3. The van der Waals surface area contributed by atoms with Crippen molar-refractivity contribution in [3.63, 3.8) is 0 Å². The SMILES string of the molecule is c1ccc(-c2cc(-c3cc4cc5c(cc4s3)-c3ccccc3C53c4ccccc4Sc4ccccc43)nc(-c3ccccc3)n2)cc1. The van der Waals surface area contributed by atoms with Crippen LogP contribution in [0.2, 0.25) is 0 Å². The molecule has 1 aliphatic carbocycles. The second kappa shape index (κ2) is 10.4. The average Bonchev–Trinajstić information content (AvgIpc) is 3.69. The summed E-state index contributed by atoms with van der Waals surface area (Å²) in [6.07, 6.45) is 0. The highest BCUT2D eigenvalue weighted by molar-refractivity contribution is 7.99.